The Morgan fingerprint density at radius 2 is 1.70 bits per heavy atom. The van der Waals surface area contributed by atoms with Crippen molar-refractivity contribution in [1.29, 1.82) is 0 Å². The third-order valence-corrected chi connectivity index (χ3v) is 6.66. The van der Waals surface area contributed by atoms with Gasteiger partial charge in [0.05, 0.1) is 17.3 Å². The van der Waals surface area contributed by atoms with E-state index < -0.39 is 0 Å². The van der Waals surface area contributed by atoms with Crippen molar-refractivity contribution in [2.24, 2.45) is 10.9 Å². The lowest BCUT2D eigenvalue weighted by Crippen LogP contribution is -2.05. The van der Waals surface area contributed by atoms with Crippen LogP contribution in [0.3, 0.4) is 0 Å². The van der Waals surface area contributed by atoms with E-state index in [1.807, 2.05) is 24.5 Å². The van der Waals surface area contributed by atoms with Crippen LogP contribution in [-0.2, 0) is 0 Å². The van der Waals surface area contributed by atoms with E-state index in [1.165, 1.54) is 5.71 Å². The van der Waals surface area contributed by atoms with Gasteiger partial charge in [0, 0.05) is 40.6 Å². The molecule has 1 aliphatic heterocycles. The molecule has 5 nitrogen and oxygen atoms in total. The van der Waals surface area contributed by atoms with Crippen LogP contribution in [0.15, 0.2) is 63.0 Å². The molecule has 1 aliphatic rings. The average molecular weight is 436 g/mol. The van der Waals surface area contributed by atoms with Crippen molar-refractivity contribution in [2.75, 3.05) is 0 Å². The topological polar surface area (TPSA) is 71.2 Å². The number of aromatic nitrogens is 2. The SMILES string of the molecule is CC(C)C1=NC=C(c2cc3ccc4cc(-c5cnc(C(C)C)[nH]5)cc5oc(=O)c(c2)c3c45)C1. The molecular weight excluding hydrogens is 410 g/mol. The van der Waals surface area contributed by atoms with Crippen molar-refractivity contribution in [2.45, 2.75) is 40.0 Å². The number of nitrogens with one attached hydrogen (secondary N) is 1. The summed E-state index contributed by atoms with van der Waals surface area (Å²) >= 11 is 0. The molecule has 0 spiro atoms. The molecule has 33 heavy (non-hydrogen) atoms. The van der Waals surface area contributed by atoms with Crippen molar-refractivity contribution in [3.63, 3.8) is 0 Å². The van der Waals surface area contributed by atoms with Crippen LogP contribution in [-0.4, -0.2) is 15.7 Å². The third-order valence-electron chi connectivity index (χ3n) is 6.66. The van der Waals surface area contributed by atoms with E-state index in [0.29, 0.717) is 22.8 Å². The standard InChI is InChI=1S/C28H25N3O2/c1-14(2)22-10-20(12-29-22)18-7-16-5-6-17-8-19(23-13-30-27(31-23)15(3)4)11-24-26(17)25(16)21(9-18)28(32)33-24/h5-9,11-15H,10H2,1-4H3,(H,30,31). The van der Waals surface area contributed by atoms with Gasteiger partial charge in [0.25, 0.3) is 0 Å². The van der Waals surface area contributed by atoms with Gasteiger partial charge in [-0.15, -0.1) is 0 Å². The van der Waals surface area contributed by atoms with E-state index in [0.717, 1.165) is 56.2 Å². The number of H-pyrrole nitrogens is 1. The summed E-state index contributed by atoms with van der Waals surface area (Å²) in [6.45, 7) is 8.53. The van der Waals surface area contributed by atoms with Gasteiger partial charge in [-0.3, -0.25) is 4.99 Å². The van der Waals surface area contributed by atoms with Crippen molar-refractivity contribution in [3.8, 4) is 11.3 Å². The Balaban J connectivity index is 1.53. The maximum atomic E-state index is 13.1. The Labute approximate surface area is 191 Å². The predicted molar refractivity (Wildman–Crippen MR) is 135 cm³/mol. The Morgan fingerprint density at radius 3 is 2.39 bits per heavy atom. The molecule has 2 aromatic heterocycles. The van der Waals surface area contributed by atoms with Gasteiger partial charge in [0.15, 0.2) is 0 Å². The number of nitrogens with zero attached hydrogens (tertiary/aromatic N) is 2. The zero-order chi connectivity index (χ0) is 22.9. The molecule has 0 fully saturated rings. The molecule has 5 aromatic rings. The molecule has 0 atom stereocenters. The highest BCUT2D eigenvalue weighted by molar-refractivity contribution is 6.22. The Hall–Kier alpha value is -3.73. The highest BCUT2D eigenvalue weighted by Crippen LogP contribution is 2.38. The van der Waals surface area contributed by atoms with Crippen LogP contribution in [0, 0.1) is 5.92 Å². The summed E-state index contributed by atoms with van der Waals surface area (Å²) < 4.78 is 5.87. The van der Waals surface area contributed by atoms with Gasteiger partial charge in [-0.25, -0.2) is 9.78 Å². The smallest absolute Gasteiger partial charge is 0.344 e. The van der Waals surface area contributed by atoms with Gasteiger partial charge in [-0.1, -0.05) is 39.8 Å². The highest BCUT2D eigenvalue weighted by atomic mass is 16.4. The highest BCUT2D eigenvalue weighted by Gasteiger charge is 2.20. The molecule has 0 radical (unpaired) electrons. The maximum absolute atomic E-state index is 13.1. The number of imidazole rings is 1. The number of allylic oxidation sites excluding steroid dienone is 1. The molecule has 5 heteroatoms. The minimum atomic E-state index is -0.310. The number of hydrogen-bond donors (Lipinski definition) is 1. The van der Waals surface area contributed by atoms with Gasteiger partial charge in [-0.2, -0.15) is 0 Å². The van der Waals surface area contributed by atoms with E-state index in [-0.39, 0.29) is 5.63 Å². The molecule has 1 N–H and O–H groups in total. The molecule has 0 amide bonds. The van der Waals surface area contributed by atoms with Gasteiger partial charge in [-0.05, 0) is 52.1 Å². The summed E-state index contributed by atoms with van der Waals surface area (Å²) in [5.74, 6) is 1.66. The fourth-order valence-electron chi connectivity index (χ4n) is 4.78. The quantitative estimate of drug-likeness (QED) is 0.247. The summed E-state index contributed by atoms with van der Waals surface area (Å²) in [7, 11) is 0. The number of aromatic amines is 1. The van der Waals surface area contributed by atoms with Crippen LogP contribution in [0.25, 0.3) is 49.3 Å². The zero-order valence-corrected chi connectivity index (χ0v) is 19.2. The zero-order valence-electron chi connectivity index (χ0n) is 19.2. The molecule has 164 valence electrons. The van der Waals surface area contributed by atoms with Crippen molar-refractivity contribution >= 4 is 43.8 Å². The van der Waals surface area contributed by atoms with Crippen LogP contribution >= 0.6 is 0 Å². The minimum Gasteiger partial charge on any atom is -0.422 e. The number of rotatable bonds is 4. The molecule has 0 unspecified atom stereocenters. The molecule has 3 aromatic carbocycles. The maximum Gasteiger partial charge on any atom is 0.344 e. The second-order valence-electron chi connectivity index (χ2n) is 9.59. The van der Waals surface area contributed by atoms with Gasteiger partial charge >= 0.3 is 5.63 Å². The van der Waals surface area contributed by atoms with E-state index >= 15 is 0 Å². The lowest BCUT2D eigenvalue weighted by molar-refractivity contribution is 0.570. The van der Waals surface area contributed by atoms with E-state index in [4.69, 9.17) is 4.42 Å². The second-order valence-corrected chi connectivity index (χ2v) is 9.59. The van der Waals surface area contributed by atoms with Gasteiger partial charge < -0.3 is 9.40 Å². The largest absolute Gasteiger partial charge is 0.422 e. The molecule has 6 rings (SSSR count). The molecular formula is C28H25N3O2. The summed E-state index contributed by atoms with van der Waals surface area (Å²) in [6, 6.07) is 12.4. The average Bonchev–Trinajstić information content (AvgIpc) is 3.48. The van der Waals surface area contributed by atoms with E-state index in [2.05, 4.69) is 66.9 Å². The first-order chi connectivity index (χ1) is 15.9. The summed E-state index contributed by atoms with van der Waals surface area (Å²) in [6.07, 6.45) is 4.60. The third kappa shape index (κ3) is 3.10. The minimum absolute atomic E-state index is 0.310. The Bertz CT molecular complexity index is 1660. The molecule has 0 saturated heterocycles. The molecule has 3 heterocycles. The second kappa shape index (κ2) is 7.14. The fraction of sp³-hybridized carbons (Fsp3) is 0.250. The van der Waals surface area contributed by atoms with Crippen LogP contribution < -0.4 is 5.63 Å². The van der Waals surface area contributed by atoms with E-state index in [9.17, 15) is 4.79 Å². The van der Waals surface area contributed by atoms with Crippen LogP contribution in [0.5, 0.6) is 0 Å². The first kappa shape index (κ1) is 19.9. The monoisotopic (exact) mass is 435 g/mol. The molecule has 0 bridgehead atoms. The number of hydrogen-bond acceptors (Lipinski definition) is 4. The lowest BCUT2D eigenvalue weighted by Gasteiger charge is -2.13. The Morgan fingerprint density at radius 1 is 0.939 bits per heavy atom. The normalized spacial score (nSPS) is 14.4. The van der Waals surface area contributed by atoms with E-state index in [1.54, 1.807) is 0 Å². The summed E-state index contributed by atoms with van der Waals surface area (Å²) in [5.41, 5.74) is 5.52. The fourth-order valence-corrected chi connectivity index (χ4v) is 4.78. The lowest BCUT2D eigenvalue weighted by atomic mass is 9.91. The van der Waals surface area contributed by atoms with Crippen LogP contribution in [0.4, 0.5) is 0 Å². The first-order valence-corrected chi connectivity index (χ1v) is 11.5. The first-order valence-electron chi connectivity index (χ1n) is 11.5. The molecule has 0 saturated carbocycles. The van der Waals surface area contributed by atoms with Crippen LogP contribution in [0.2, 0.25) is 0 Å². The van der Waals surface area contributed by atoms with Crippen molar-refractivity contribution in [3.05, 3.63) is 70.6 Å². The van der Waals surface area contributed by atoms with Crippen molar-refractivity contribution in [1.82, 2.24) is 9.97 Å². The Kier molecular flexibility index (Phi) is 4.31. The van der Waals surface area contributed by atoms with Gasteiger partial charge in [0.1, 0.15) is 11.4 Å². The number of benzene rings is 3. The summed E-state index contributed by atoms with van der Waals surface area (Å²) in [5, 5.41) is 4.66. The van der Waals surface area contributed by atoms with Gasteiger partial charge in [0.2, 0.25) is 0 Å². The number of aliphatic imine (C=N–C) groups is 1. The predicted octanol–water partition coefficient (Wildman–Crippen LogP) is 6.89. The molecule has 0 aliphatic carbocycles. The van der Waals surface area contributed by atoms with Crippen molar-refractivity contribution < 1.29 is 4.42 Å². The van der Waals surface area contributed by atoms with Crippen LogP contribution in [0.1, 0.15) is 51.4 Å². The summed E-state index contributed by atoms with van der Waals surface area (Å²) in [4.78, 5) is 25.6.